The Labute approximate surface area is 134 Å². The van der Waals surface area contributed by atoms with E-state index >= 15 is 0 Å². The van der Waals surface area contributed by atoms with Gasteiger partial charge in [-0.1, -0.05) is 50.2 Å². The van der Waals surface area contributed by atoms with Crippen molar-refractivity contribution in [1.82, 2.24) is 5.43 Å². The number of nitro benzene ring substituents is 1. The molecule has 0 saturated carbocycles. The molecule has 2 aromatic rings. The molecule has 1 N–H and O–H groups in total. The smallest absolute Gasteiger partial charge is 0.267 e. The first kappa shape index (κ1) is 16.4. The van der Waals surface area contributed by atoms with Gasteiger partial charge in [0, 0.05) is 17.7 Å². The Balaban J connectivity index is 2.21. The number of nitrogens with one attached hydrogen (secondary N) is 1. The second-order valence-electron chi connectivity index (χ2n) is 5.27. The molecule has 1 amide bonds. The largest absolute Gasteiger partial charge is 0.271 e. The van der Waals surface area contributed by atoms with Crippen molar-refractivity contribution < 1.29 is 9.72 Å². The average molecular weight is 311 g/mol. The lowest BCUT2D eigenvalue weighted by Gasteiger charge is -2.10. The molecule has 0 aliphatic carbocycles. The van der Waals surface area contributed by atoms with E-state index < -0.39 is 10.8 Å². The molecule has 2 aromatic carbocycles. The maximum Gasteiger partial charge on any atom is 0.271 e. The summed E-state index contributed by atoms with van der Waals surface area (Å²) in [4.78, 5) is 22.4. The van der Waals surface area contributed by atoms with Crippen LogP contribution in [0.1, 0.15) is 29.8 Å². The number of non-ortho nitro benzene ring substituents is 1. The minimum Gasteiger partial charge on any atom is -0.267 e. The van der Waals surface area contributed by atoms with Crippen molar-refractivity contribution in [2.45, 2.75) is 13.8 Å². The fraction of sp³-hybridized carbons (Fsp3) is 0.176. The maximum atomic E-state index is 12.1. The zero-order valence-corrected chi connectivity index (χ0v) is 12.9. The SMILES string of the molecule is CC(C)/C(=N\NC(=O)c1cccc([N+](=O)[O-])c1)c1ccccc1. The van der Waals surface area contributed by atoms with Crippen molar-refractivity contribution in [2.75, 3.05) is 0 Å². The van der Waals surface area contributed by atoms with Crippen LogP contribution < -0.4 is 5.43 Å². The standard InChI is InChI=1S/C17H17N3O3/c1-12(2)16(13-7-4-3-5-8-13)18-19-17(21)14-9-6-10-15(11-14)20(22)23/h3-12H,1-2H3,(H,19,21)/b18-16+. The molecule has 0 aliphatic heterocycles. The summed E-state index contributed by atoms with van der Waals surface area (Å²) in [5, 5.41) is 15.0. The van der Waals surface area contributed by atoms with Crippen molar-refractivity contribution in [1.29, 1.82) is 0 Å². The van der Waals surface area contributed by atoms with Gasteiger partial charge < -0.3 is 0 Å². The van der Waals surface area contributed by atoms with Crippen molar-refractivity contribution in [3.63, 3.8) is 0 Å². The predicted octanol–water partition coefficient (Wildman–Crippen LogP) is 3.38. The van der Waals surface area contributed by atoms with E-state index in [4.69, 9.17) is 0 Å². The number of carbonyl (C=O) groups excluding carboxylic acids is 1. The van der Waals surface area contributed by atoms with E-state index in [-0.39, 0.29) is 17.2 Å². The fourth-order valence-electron chi connectivity index (χ4n) is 2.07. The number of benzene rings is 2. The minimum absolute atomic E-state index is 0.114. The first-order chi connectivity index (χ1) is 11.0. The van der Waals surface area contributed by atoms with E-state index in [0.717, 1.165) is 11.3 Å². The summed E-state index contributed by atoms with van der Waals surface area (Å²) in [6.45, 7) is 3.96. The highest BCUT2D eigenvalue weighted by Gasteiger charge is 2.13. The van der Waals surface area contributed by atoms with Gasteiger partial charge in [0.1, 0.15) is 0 Å². The Kier molecular flexibility index (Phi) is 5.19. The van der Waals surface area contributed by atoms with Crippen LogP contribution in [0.5, 0.6) is 0 Å². The van der Waals surface area contributed by atoms with Gasteiger partial charge in [0.05, 0.1) is 10.6 Å². The normalized spacial score (nSPS) is 11.3. The molecule has 0 heterocycles. The second-order valence-corrected chi connectivity index (χ2v) is 5.27. The van der Waals surface area contributed by atoms with Crippen molar-refractivity contribution >= 4 is 17.3 Å². The summed E-state index contributed by atoms with van der Waals surface area (Å²) in [7, 11) is 0. The lowest BCUT2D eigenvalue weighted by molar-refractivity contribution is -0.384. The third-order valence-corrected chi connectivity index (χ3v) is 3.21. The number of nitro groups is 1. The minimum atomic E-state index is -0.538. The highest BCUT2D eigenvalue weighted by molar-refractivity contribution is 6.03. The number of carbonyl (C=O) groups is 1. The van der Waals surface area contributed by atoms with E-state index in [1.54, 1.807) is 0 Å². The van der Waals surface area contributed by atoms with Gasteiger partial charge in [0.2, 0.25) is 0 Å². The van der Waals surface area contributed by atoms with Crippen molar-refractivity contribution in [3.8, 4) is 0 Å². The summed E-state index contributed by atoms with van der Waals surface area (Å²) in [5.74, 6) is -0.370. The molecule has 0 saturated heterocycles. The van der Waals surface area contributed by atoms with Gasteiger partial charge in [-0.25, -0.2) is 5.43 Å². The number of hydrogen-bond donors (Lipinski definition) is 1. The number of amides is 1. The van der Waals surface area contributed by atoms with Crippen LogP contribution in [0.4, 0.5) is 5.69 Å². The molecule has 0 fully saturated rings. The van der Waals surface area contributed by atoms with Gasteiger partial charge in [-0.2, -0.15) is 5.10 Å². The number of hydrazone groups is 1. The zero-order chi connectivity index (χ0) is 16.8. The van der Waals surface area contributed by atoms with Gasteiger partial charge in [0.25, 0.3) is 11.6 Å². The van der Waals surface area contributed by atoms with Crippen molar-refractivity contribution in [2.24, 2.45) is 11.0 Å². The highest BCUT2D eigenvalue weighted by atomic mass is 16.6. The van der Waals surface area contributed by atoms with E-state index in [2.05, 4.69) is 10.5 Å². The molecule has 23 heavy (non-hydrogen) atoms. The first-order valence-corrected chi connectivity index (χ1v) is 7.17. The fourth-order valence-corrected chi connectivity index (χ4v) is 2.07. The molecular weight excluding hydrogens is 294 g/mol. The Morgan fingerprint density at radius 3 is 2.35 bits per heavy atom. The van der Waals surface area contributed by atoms with E-state index in [1.165, 1.54) is 24.3 Å². The average Bonchev–Trinajstić information content (AvgIpc) is 2.55. The third-order valence-electron chi connectivity index (χ3n) is 3.21. The summed E-state index contributed by atoms with van der Waals surface area (Å²) in [5.41, 5.74) is 4.19. The zero-order valence-electron chi connectivity index (χ0n) is 12.9. The highest BCUT2D eigenvalue weighted by Crippen LogP contribution is 2.13. The van der Waals surface area contributed by atoms with E-state index in [0.29, 0.717) is 0 Å². The van der Waals surface area contributed by atoms with Gasteiger partial charge in [-0.15, -0.1) is 0 Å². The lowest BCUT2D eigenvalue weighted by Crippen LogP contribution is -2.22. The molecule has 0 radical (unpaired) electrons. The molecule has 0 atom stereocenters. The predicted molar refractivity (Wildman–Crippen MR) is 88.4 cm³/mol. The first-order valence-electron chi connectivity index (χ1n) is 7.17. The van der Waals surface area contributed by atoms with Crippen LogP contribution in [0.15, 0.2) is 59.7 Å². The summed E-state index contributed by atoms with van der Waals surface area (Å²) in [6.07, 6.45) is 0. The topological polar surface area (TPSA) is 84.6 Å². The molecule has 0 aliphatic rings. The summed E-state index contributed by atoms with van der Waals surface area (Å²) < 4.78 is 0. The Morgan fingerprint density at radius 1 is 1.09 bits per heavy atom. The Hall–Kier alpha value is -3.02. The molecule has 0 bridgehead atoms. The molecule has 0 unspecified atom stereocenters. The van der Waals surface area contributed by atoms with Crippen LogP contribution in [0, 0.1) is 16.0 Å². The Morgan fingerprint density at radius 2 is 1.74 bits per heavy atom. The van der Waals surface area contributed by atoms with Gasteiger partial charge in [-0.05, 0) is 17.5 Å². The quantitative estimate of drug-likeness (QED) is 0.522. The van der Waals surface area contributed by atoms with Crippen LogP contribution in [0.3, 0.4) is 0 Å². The molecule has 6 nitrogen and oxygen atoms in total. The van der Waals surface area contributed by atoms with Gasteiger partial charge >= 0.3 is 0 Å². The van der Waals surface area contributed by atoms with Crippen molar-refractivity contribution in [3.05, 3.63) is 75.8 Å². The van der Waals surface area contributed by atoms with E-state index in [9.17, 15) is 14.9 Å². The summed E-state index contributed by atoms with van der Waals surface area (Å²) in [6, 6.07) is 15.1. The monoisotopic (exact) mass is 311 g/mol. The maximum absolute atomic E-state index is 12.1. The molecule has 2 rings (SSSR count). The number of rotatable bonds is 5. The van der Waals surface area contributed by atoms with Crippen LogP contribution >= 0.6 is 0 Å². The second kappa shape index (κ2) is 7.31. The summed E-state index contributed by atoms with van der Waals surface area (Å²) >= 11 is 0. The molecule has 0 aromatic heterocycles. The molecule has 6 heteroatoms. The lowest BCUT2D eigenvalue weighted by atomic mass is 10.0. The van der Waals surface area contributed by atoms with Gasteiger partial charge in [0.15, 0.2) is 0 Å². The molecule has 0 spiro atoms. The Bertz CT molecular complexity index is 740. The molecular formula is C17H17N3O3. The number of nitrogens with zero attached hydrogens (tertiary/aromatic N) is 2. The third kappa shape index (κ3) is 4.23. The van der Waals surface area contributed by atoms with Gasteiger partial charge in [-0.3, -0.25) is 14.9 Å². The van der Waals surface area contributed by atoms with Crippen LogP contribution in [0.25, 0.3) is 0 Å². The van der Waals surface area contributed by atoms with E-state index in [1.807, 2.05) is 44.2 Å². The van der Waals surface area contributed by atoms with Crippen LogP contribution in [0.2, 0.25) is 0 Å². The number of hydrogen-bond acceptors (Lipinski definition) is 4. The van der Waals surface area contributed by atoms with Crippen LogP contribution in [-0.4, -0.2) is 16.5 Å². The molecule has 118 valence electrons. The van der Waals surface area contributed by atoms with Crippen LogP contribution in [-0.2, 0) is 0 Å².